The number of aliphatic imine (C=N–C) groups is 1. The number of rotatable bonds is 8. The van der Waals surface area contributed by atoms with Crippen LogP contribution in [0.25, 0.3) is 0 Å². The van der Waals surface area contributed by atoms with Crippen LogP contribution in [0.1, 0.15) is 17.5 Å². The van der Waals surface area contributed by atoms with E-state index in [9.17, 15) is 18.0 Å². The summed E-state index contributed by atoms with van der Waals surface area (Å²) in [7, 11) is -2.17. The van der Waals surface area contributed by atoms with Crippen molar-refractivity contribution < 1.29 is 22.7 Å². The van der Waals surface area contributed by atoms with Gasteiger partial charge in [-0.05, 0) is 67.4 Å². The van der Waals surface area contributed by atoms with Crippen LogP contribution in [0.15, 0.2) is 82.7 Å². The number of methoxy groups -OCH3 is 1. The number of ether oxygens (including phenoxy) is 1. The van der Waals surface area contributed by atoms with Crippen LogP contribution < -0.4 is 20.1 Å². The number of hydrogen-bond donors (Lipinski definition) is 2. The van der Waals surface area contributed by atoms with Gasteiger partial charge in [-0.1, -0.05) is 41.6 Å². The number of carbonyl (C=O) groups is 2. The van der Waals surface area contributed by atoms with Gasteiger partial charge in [-0.2, -0.15) is 0 Å². The molecule has 1 heterocycles. The lowest BCUT2D eigenvalue weighted by Crippen LogP contribution is -2.31. The van der Waals surface area contributed by atoms with Crippen molar-refractivity contribution in [2.75, 3.05) is 23.9 Å². The predicted molar refractivity (Wildman–Crippen MR) is 150 cm³/mol. The van der Waals surface area contributed by atoms with E-state index in [1.807, 2.05) is 31.2 Å². The quantitative estimate of drug-likeness (QED) is 0.247. The summed E-state index contributed by atoms with van der Waals surface area (Å²) in [6.07, 6.45) is 0.599. The third-order valence-corrected chi connectivity index (χ3v) is 7.94. The predicted octanol–water partition coefficient (Wildman–Crippen LogP) is 3.73. The van der Waals surface area contributed by atoms with Crippen molar-refractivity contribution in [3.8, 4) is 5.75 Å². The molecule has 1 aliphatic heterocycles. The summed E-state index contributed by atoms with van der Waals surface area (Å²) in [5, 5.41) is 8.29. The molecule has 1 unspecified atom stereocenters. The molecule has 1 saturated heterocycles. The largest absolute Gasteiger partial charge is 0.497 e. The zero-order valence-electron chi connectivity index (χ0n) is 21.0. The van der Waals surface area contributed by atoms with Crippen LogP contribution in [0.2, 0.25) is 0 Å². The lowest BCUT2D eigenvalue weighted by atomic mass is 10.1. The molecular weight excluding hydrogens is 524 g/mol. The van der Waals surface area contributed by atoms with Crippen LogP contribution in [0.3, 0.4) is 0 Å². The Morgan fingerprint density at radius 2 is 1.71 bits per heavy atom. The summed E-state index contributed by atoms with van der Waals surface area (Å²) in [6.45, 7) is 2.31. The normalized spacial score (nSPS) is 16.1. The van der Waals surface area contributed by atoms with E-state index in [1.54, 1.807) is 43.5 Å². The van der Waals surface area contributed by atoms with Gasteiger partial charge in [0.15, 0.2) is 5.17 Å². The first kappa shape index (κ1) is 27.4. The lowest BCUT2D eigenvalue weighted by molar-refractivity contribution is -0.121. The van der Waals surface area contributed by atoms with Crippen LogP contribution in [0.5, 0.6) is 5.75 Å². The van der Waals surface area contributed by atoms with Gasteiger partial charge < -0.3 is 10.1 Å². The molecule has 0 radical (unpaired) electrons. The average Bonchev–Trinajstić information content (AvgIpc) is 3.17. The van der Waals surface area contributed by atoms with Gasteiger partial charge in [0.2, 0.25) is 21.8 Å². The highest BCUT2D eigenvalue weighted by atomic mass is 32.2. The molecule has 1 atom stereocenters. The van der Waals surface area contributed by atoms with Gasteiger partial charge in [-0.15, -0.1) is 0 Å². The van der Waals surface area contributed by atoms with Gasteiger partial charge in [-0.3, -0.25) is 14.6 Å². The van der Waals surface area contributed by atoms with Crippen molar-refractivity contribution in [2.24, 2.45) is 10.1 Å². The smallest absolute Gasteiger partial charge is 0.247 e. The van der Waals surface area contributed by atoms with Crippen LogP contribution >= 0.6 is 11.8 Å². The molecule has 3 aromatic carbocycles. The van der Waals surface area contributed by atoms with E-state index in [-0.39, 0.29) is 23.1 Å². The number of aryl methyl sites for hydroxylation is 1. The molecule has 11 heteroatoms. The van der Waals surface area contributed by atoms with Crippen LogP contribution in [-0.2, 0) is 26.0 Å². The Balaban J connectivity index is 1.50. The highest BCUT2D eigenvalue weighted by Gasteiger charge is 2.40. The van der Waals surface area contributed by atoms with Crippen molar-refractivity contribution in [1.29, 1.82) is 0 Å². The number of carbonyl (C=O) groups excluding carboxylic acids is 2. The molecule has 38 heavy (non-hydrogen) atoms. The van der Waals surface area contributed by atoms with E-state index >= 15 is 0 Å². The molecule has 0 spiro atoms. The van der Waals surface area contributed by atoms with E-state index < -0.39 is 15.3 Å². The second-order valence-corrected chi connectivity index (χ2v) is 11.4. The molecular formula is C27H28N4O5S2. The first-order valence-electron chi connectivity index (χ1n) is 11.8. The fourth-order valence-electron chi connectivity index (χ4n) is 3.83. The monoisotopic (exact) mass is 552 g/mol. The number of sulfonamides is 1. The number of nitrogens with one attached hydrogen (secondary N) is 1. The van der Waals surface area contributed by atoms with E-state index in [0.29, 0.717) is 29.6 Å². The highest BCUT2D eigenvalue weighted by Crippen LogP contribution is 2.31. The number of anilines is 2. The number of primary sulfonamides is 1. The van der Waals surface area contributed by atoms with Crippen LogP contribution in [0.4, 0.5) is 11.4 Å². The Labute approximate surface area is 226 Å². The minimum absolute atomic E-state index is 0.0460. The second-order valence-electron chi connectivity index (χ2n) is 8.69. The van der Waals surface area contributed by atoms with E-state index in [2.05, 4.69) is 10.3 Å². The summed E-state index contributed by atoms with van der Waals surface area (Å²) in [5.41, 5.74) is 3.23. The number of benzene rings is 3. The molecule has 0 aromatic heterocycles. The lowest BCUT2D eigenvalue weighted by Gasteiger charge is -2.16. The zero-order chi connectivity index (χ0) is 27.3. The SMILES string of the molecule is COc1ccc(NC(=NCCc2ccc(S(N)(=O)=O)cc2)SC2CC(=O)N(c3ccc(C)cc3)C2=O)cc1. The zero-order valence-corrected chi connectivity index (χ0v) is 22.6. The van der Waals surface area contributed by atoms with Gasteiger partial charge in [-0.25, -0.2) is 18.5 Å². The fourth-order valence-corrected chi connectivity index (χ4v) is 5.39. The van der Waals surface area contributed by atoms with Crippen molar-refractivity contribution in [3.63, 3.8) is 0 Å². The Morgan fingerprint density at radius 1 is 1.05 bits per heavy atom. The number of amidine groups is 1. The Kier molecular flexibility index (Phi) is 8.50. The maximum Gasteiger partial charge on any atom is 0.247 e. The summed E-state index contributed by atoms with van der Waals surface area (Å²) in [4.78, 5) is 31.9. The van der Waals surface area contributed by atoms with E-state index in [1.165, 1.54) is 28.8 Å². The second kappa shape index (κ2) is 11.8. The third-order valence-electron chi connectivity index (χ3n) is 5.90. The summed E-state index contributed by atoms with van der Waals surface area (Å²) < 4.78 is 28.2. The first-order valence-corrected chi connectivity index (χ1v) is 14.2. The molecule has 0 bridgehead atoms. The van der Waals surface area contributed by atoms with Crippen molar-refractivity contribution in [3.05, 3.63) is 83.9 Å². The topological polar surface area (TPSA) is 131 Å². The Morgan fingerprint density at radius 3 is 2.32 bits per heavy atom. The van der Waals surface area contributed by atoms with Gasteiger partial charge in [0.05, 0.1) is 17.7 Å². The molecule has 198 valence electrons. The molecule has 0 saturated carbocycles. The van der Waals surface area contributed by atoms with Crippen molar-refractivity contribution in [2.45, 2.75) is 29.9 Å². The molecule has 1 fully saturated rings. The number of thioether (sulfide) groups is 1. The molecule has 4 rings (SSSR count). The fraction of sp³-hybridized carbons (Fsp3) is 0.222. The maximum absolute atomic E-state index is 13.2. The Bertz CT molecular complexity index is 1440. The minimum Gasteiger partial charge on any atom is -0.497 e. The van der Waals surface area contributed by atoms with Crippen molar-refractivity contribution >= 4 is 50.1 Å². The minimum atomic E-state index is -3.76. The standard InChI is InChI=1S/C27H28N4O5S2/c1-18-3-9-21(10-4-18)31-25(32)17-24(26(31)33)37-27(30-20-7-11-22(36-2)12-8-20)29-16-15-19-5-13-23(14-6-19)38(28,34)35/h3-14,24H,15-17H2,1-2H3,(H,29,30)(H2,28,34,35). The number of nitrogens with zero attached hydrogens (tertiary/aromatic N) is 2. The van der Waals surface area contributed by atoms with Gasteiger partial charge >= 0.3 is 0 Å². The molecule has 0 aliphatic carbocycles. The van der Waals surface area contributed by atoms with E-state index in [0.717, 1.165) is 16.8 Å². The number of hydrogen-bond acceptors (Lipinski definition) is 7. The number of imide groups is 1. The third kappa shape index (κ3) is 6.80. The average molecular weight is 553 g/mol. The number of nitrogens with two attached hydrogens (primary N) is 1. The molecule has 1 aliphatic rings. The van der Waals surface area contributed by atoms with Crippen molar-refractivity contribution in [1.82, 2.24) is 0 Å². The van der Waals surface area contributed by atoms with Crippen LogP contribution in [-0.4, -0.2) is 44.3 Å². The summed E-state index contributed by atoms with van der Waals surface area (Å²) >= 11 is 1.21. The number of amides is 2. The molecule has 2 amide bonds. The molecule has 3 N–H and O–H groups in total. The van der Waals surface area contributed by atoms with Gasteiger partial charge in [0, 0.05) is 18.7 Å². The highest BCUT2D eigenvalue weighted by molar-refractivity contribution is 8.15. The van der Waals surface area contributed by atoms with Crippen LogP contribution in [0, 0.1) is 6.92 Å². The maximum atomic E-state index is 13.2. The molecule has 9 nitrogen and oxygen atoms in total. The van der Waals surface area contributed by atoms with E-state index in [4.69, 9.17) is 9.88 Å². The first-order chi connectivity index (χ1) is 18.1. The Hall–Kier alpha value is -3.67. The van der Waals surface area contributed by atoms with Gasteiger partial charge in [0.1, 0.15) is 11.0 Å². The molecule has 3 aromatic rings. The summed E-state index contributed by atoms with van der Waals surface area (Å²) in [6, 6.07) is 20.9. The van der Waals surface area contributed by atoms with Gasteiger partial charge in [0.25, 0.3) is 0 Å². The summed E-state index contributed by atoms with van der Waals surface area (Å²) in [5.74, 6) is 0.164.